The first kappa shape index (κ1) is 12.4. The summed E-state index contributed by atoms with van der Waals surface area (Å²) in [6, 6.07) is 4.70. The van der Waals surface area contributed by atoms with Gasteiger partial charge in [0.2, 0.25) is 0 Å². The Kier molecular flexibility index (Phi) is 5.54. The van der Waals surface area contributed by atoms with Gasteiger partial charge in [-0.05, 0) is 48.8 Å². The zero-order valence-electron chi connectivity index (χ0n) is 9.00. The van der Waals surface area contributed by atoms with E-state index in [0.717, 1.165) is 36.3 Å². The second-order valence-electron chi connectivity index (χ2n) is 3.43. The Labute approximate surface area is 96.1 Å². The molecule has 0 aliphatic heterocycles. The highest BCUT2D eigenvalue weighted by Crippen LogP contribution is 2.21. The molecule has 3 heteroatoms. The second kappa shape index (κ2) is 6.72. The van der Waals surface area contributed by atoms with Gasteiger partial charge in [0.1, 0.15) is 11.6 Å². The molecule has 1 aromatic carbocycles. The maximum atomic E-state index is 13.0. The Morgan fingerprint density at radius 1 is 1.40 bits per heavy atom. The molecule has 1 aromatic rings. The highest BCUT2D eigenvalue weighted by atomic mass is 32.1. The standard InChI is InChI=1S/C12H17FOS/c1-2-7-14-12-6-5-11(13)9-10(12)4-3-8-15/h5-6,9,15H,2-4,7-8H2,1H3. The minimum absolute atomic E-state index is 0.201. The average molecular weight is 228 g/mol. The number of hydrogen-bond donors (Lipinski definition) is 1. The van der Waals surface area contributed by atoms with Crippen molar-refractivity contribution in [2.75, 3.05) is 12.4 Å². The van der Waals surface area contributed by atoms with Crippen molar-refractivity contribution < 1.29 is 9.13 Å². The molecular formula is C12H17FOS. The molecule has 0 unspecified atom stereocenters. The average Bonchev–Trinajstić information content (AvgIpc) is 2.25. The molecule has 0 saturated heterocycles. The lowest BCUT2D eigenvalue weighted by Crippen LogP contribution is -2.00. The molecule has 84 valence electrons. The van der Waals surface area contributed by atoms with Gasteiger partial charge in [0.05, 0.1) is 6.61 Å². The summed E-state index contributed by atoms with van der Waals surface area (Å²) in [5.74, 6) is 1.41. The minimum Gasteiger partial charge on any atom is -0.493 e. The first-order valence-electron chi connectivity index (χ1n) is 5.30. The molecule has 0 saturated carbocycles. The molecule has 0 spiro atoms. The summed E-state index contributed by atoms with van der Waals surface area (Å²) < 4.78 is 18.6. The van der Waals surface area contributed by atoms with Crippen LogP contribution in [0.15, 0.2) is 18.2 Å². The van der Waals surface area contributed by atoms with Gasteiger partial charge in [0.25, 0.3) is 0 Å². The number of halogens is 1. The maximum Gasteiger partial charge on any atom is 0.123 e. The molecule has 0 bridgehead atoms. The SMILES string of the molecule is CCCOc1ccc(F)cc1CCCS. The molecule has 0 aliphatic rings. The molecule has 0 aromatic heterocycles. The van der Waals surface area contributed by atoms with Crippen LogP contribution in [0.1, 0.15) is 25.3 Å². The van der Waals surface area contributed by atoms with Crippen LogP contribution in [0.3, 0.4) is 0 Å². The van der Waals surface area contributed by atoms with E-state index in [4.69, 9.17) is 4.74 Å². The highest BCUT2D eigenvalue weighted by molar-refractivity contribution is 7.80. The van der Waals surface area contributed by atoms with E-state index in [9.17, 15) is 4.39 Å². The molecule has 0 atom stereocenters. The van der Waals surface area contributed by atoms with Gasteiger partial charge >= 0.3 is 0 Å². The van der Waals surface area contributed by atoms with Crippen LogP contribution in [0.4, 0.5) is 4.39 Å². The summed E-state index contributed by atoms with van der Waals surface area (Å²) in [4.78, 5) is 0. The molecule has 0 fully saturated rings. The Hall–Kier alpha value is -0.700. The van der Waals surface area contributed by atoms with Crippen LogP contribution < -0.4 is 4.74 Å². The first-order chi connectivity index (χ1) is 7.27. The van der Waals surface area contributed by atoms with Crippen molar-refractivity contribution in [2.24, 2.45) is 0 Å². The van der Waals surface area contributed by atoms with Crippen molar-refractivity contribution in [1.82, 2.24) is 0 Å². The fraction of sp³-hybridized carbons (Fsp3) is 0.500. The first-order valence-corrected chi connectivity index (χ1v) is 5.93. The van der Waals surface area contributed by atoms with E-state index in [1.165, 1.54) is 6.07 Å². The lowest BCUT2D eigenvalue weighted by Gasteiger charge is -2.10. The summed E-state index contributed by atoms with van der Waals surface area (Å²) in [6.45, 7) is 2.73. The van der Waals surface area contributed by atoms with E-state index in [2.05, 4.69) is 19.6 Å². The lowest BCUT2D eigenvalue weighted by atomic mass is 10.1. The number of hydrogen-bond acceptors (Lipinski definition) is 2. The molecule has 15 heavy (non-hydrogen) atoms. The second-order valence-corrected chi connectivity index (χ2v) is 3.87. The van der Waals surface area contributed by atoms with Crippen molar-refractivity contribution >= 4 is 12.6 Å². The largest absolute Gasteiger partial charge is 0.493 e. The minimum atomic E-state index is -0.201. The summed E-state index contributed by atoms with van der Waals surface area (Å²) in [6.07, 6.45) is 2.72. The normalized spacial score (nSPS) is 10.3. The Bertz CT molecular complexity index is 302. The Morgan fingerprint density at radius 3 is 2.87 bits per heavy atom. The highest BCUT2D eigenvalue weighted by Gasteiger charge is 2.04. The molecule has 0 amide bonds. The Morgan fingerprint density at radius 2 is 2.20 bits per heavy atom. The quantitative estimate of drug-likeness (QED) is 0.733. The van der Waals surface area contributed by atoms with Crippen LogP contribution in [-0.4, -0.2) is 12.4 Å². The molecule has 1 rings (SSSR count). The number of benzene rings is 1. The third-order valence-corrected chi connectivity index (χ3v) is 2.40. The third-order valence-electron chi connectivity index (χ3n) is 2.09. The summed E-state index contributed by atoms with van der Waals surface area (Å²) >= 11 is 4.15. The van der Waals surface area contributed by atoms with Crippen LogP contribution in [0.2, 0.25) is 0 Å². The number of rotatable bonds is 6. The molecule has 0 heterocycles. The van der Waals surface area contributed by atoms with Crippen molar-refractivity contribution in [3.05, 3.63) is 29.6 Å². The van der Waals surface area contributed by atoms with Crippen molar-refractivity contribution in [3.63, 3.8) is 0 Å². The van der Waals surface area contributed by atoms with Crippen molar-refractivity contribution in [2.45, 2.75) is 26.2 Å². The van der Waals surface area contributed by atoms with Crippen LogP contribution in [0.25, 0.3) is 0 Å². The van der Waals surface area contributed by atoms with Crippen LogP contribution in [0, 0.1) is 5.82 Å². The summed E-state index contributed by atoms with van der Waals surface area (Å²) in [5.41, 5.74) is 0.942. The van der Waals surface area contributed by atoms with Gasteiger partial charge in [-0.2, -0.15) is 12.6 Å². The van der Waals surface area contributed by atoms with Gasteiger partial charge in [0, 0.05) is 0 Å². The number of aryl methyl sites for hydroxylation is 1. The van der Waals surface area contributed by atoms with Crippen LogP contribution in [-0.2, 0) is 6.42 Å². The predicted molar refractivity (Wildman–Crippen MR) is 64.4 cm³/mol. The molecule has 0 radical (unpaired) electrons. The fourth-order valence-electron chi connectivity index (χ4n) is 1.37. The van der Waals surface area contributed by atoms with E-state index in [1.54, 1.807) is 12.1 Å². The van der Waals surface area contributed by atoms with Gasteiger partial charge in [-0.15, -0.1) is 0 Å². The molecular weight excluding hydrogens is 211 g/mol. The molecule has 0 aliphatic carbocycles. The third kappa shape index (κ3) is 4.12. The maximum absolute atomic E-state index is 13.0. The lowest BCUT2D eigenvalue weighted by molar-refractivity contribution is 0.313. The van der Waals surface area contributed by atoms with E-state index in [1.807, 2.05) is 0 Å². The van der Waals surface area contributed by atoms with E-state index in [0.29, 0.717) is 6.61 Å². The topological polar surface area (TPSA) is 9.23 Å². The number of thiol groups is 1. The van der Waals surface area contributed by atoms with Gasteiger partial charge in [-0.25, -0.2) is 4.39 Å². The van der Waals surface area contributed by atoms with Crippen LogP contribution in [0.5, 0.6) is 5.75 Å². The Balaban J connectivity index is 2.73. The summed E-state index contributed by atoms with van der Waals surface area (Å²) in [7, 11) is 0. The zero-order valence-corrected chi connectivity index (χ0v) is 9.90. The van der Waals surface area contributed by atoms with E-state index < -0.39 is 0 Å². The summed E-state index contributed by atoms with van der Waals surface area (Å²) in [5, 5.41) is 0. The molecule has 0 N–H and O–H groups in total. The van der Waals surface area contributed by atoms with Crippen molar-refractivity contribution in [3.8, 4) is 5.75 Å². The fourth-order valence-corrected chi connectivity index (χ4v) is 1.52. The molecule has 1 nitrogen and oxygen atoms in total. The van der Waals surface area contributed by atoms with E-state index in [-0.39, 0.29) is 5.82 Å². The van der Waals surface area contributed by atoms with E-state index >= 15 is 0 Å². The smallest absolute Gasteiger partial charge is 0.123 e. The van der Waals surface area contributed by atoms with Gasteiger partial charge in [0.15, 0.2) is 0 Å². The van der Waals surface area contributed by atoms with Gasteiger partial charge in [-0.1, -0.05) is 6.92 Å². The number of ether oxygens (including phenoxy) is 1. The van der Waals surface area contributed by atoms with Gasteiger partial charge in [-0.3, -0.25) is 0 Å². The van der Waals surface area contributed by atoms with Crippen molar-refractivity contribution in [1.29, 1.82) is 0 Å². The predicted octanol–water partition coefficient (Wildman–Crippen LogP) is 3.48. The monoisotopic (exact) mass is 228 g/mol. The zero-order chi connectivity index (χ0) is 11.1. The van der Waals surface area contributed by atoms with Crippen LogP contribution >= 0.6 is 12.6 Å². The van der Waals surface area contributed by atoms with Gasteiger partial charge < -0.3 is 4.74 Å².